The number of hydrogen-bond acceptors (Lipinski definition) is 7. The zero-order chi connectivity index (χ0) is 26.8. The van der Waals surface area contributed by atoms with Gasteiger partial charge in [-0.25, -0.2) is 15.1 Å². The second-order valence-corrected chi connectivity index (χ2v) is 10.4. The third-order valence-electron chi connectivity index (χ3n) is 6.35. The molecule has 9 nitrogen and oxygen atoms in total. The summed E-state index contributed by atoms with van der Waals surface area (Å²) < 4.78 is 67.4. The van der Waals surface area contributed by atoms with Crippen LogP contribution in [0.5, 0.6) is 0 Å². The van der Waals surface area contributed by atoms with Crippen molar-refractivity contribution < 1.29 is 35.7 Å². The van der Waals surface area contributed by atoms with E-state index in [1.54, 1.807) is 29.1 Å². The number of halogens is 3. The number of aliphatic hydroxyl groups is 1. The Balaban J connectivity index is 1.45. The Bertz CT molecular complexity index is 1380. The van der Waals surface area contributed by atoms with Crippen LogP contribution in [0.15, 0.2) is 55.2 Å². The molecule has 198 valence electrons. The normalized spacial score (nSPS) is 20.3. The topological polar surface area (TPSA) is 137 Å². The van der Waals surface area contributed by atoms with Crippen molar-refractivity contribution in [3.05, 3.63) is 83.2 Å². The SMILES string of the molecule is NS(=O)(=O)OC[C@H]1C[C@@H](Cc2ncncc2C(=O)c2ccn(Cc3cccc(C(F)(F)F)c3)c2)C[C@@H]1O. The van der Waals surface area contributed by atoms with E-state index in [0.29, 0.717) is 36.1 Å². The first-order valence-electron chi connectivity index (χ1n) is 11.4. The molecule has 2 aromatic heterocycles. The van der Waals surface area contributed by atoms with Gasteiger partial charge in [-0.2, -0.15) is 21.6 Å². The number of aromatic nitrogens is 3. The fourth-order valence-corrected chi connectivity index (χ4v) is 4.97. The Morgan fingerprint density at radius 1 is 1.24 bits per heavy atom. The van der Waals surface area contributed by atoms with Gasteiger partial charge < -0.3 is 9.67 Å². The molecular weight excluding hydrogens is 513 g/mol. The maximum atomic E-state index is 13.2. The Morgan fingerprint density at radius 2 is 2.03 bits per heavy atom. The number of ketones is 1. The first-order valence-corrected chi connectivity index (χ1v) is 12.9. The van der Waals surface area contributed by atoms with Crippen molar-refractivity contribution in [3.63, 3.8) is 0 Å². The number of aliphatic hydroxyl groups excluding tert-OH is 1. The average Bonchev–Trinajstić information content (AvgIpc) is 3.43. The minimum atomic E-state index is -4.44. The molecule has 2 heterocycles. The monoisotopic (exact) mass is 538 g/mol. The summed E-state index contributed by atoms with van der Waals surface area (Å²) in [7, 11) is -4.12. The molecule has 0 spiro atoms. The Labute approximate surface area is 211 Å². The molecule has 1 aliphatic rings. The lowest BCUT2D eigenvalue weighted by Gasteiger charge is -2.13. The van der Waals surface area contributed by atoms with Crippen molar-refractivity contribution in [1.29, 1.82) is 0 Å². The van der Waals surface area contributed by atoms with Crippen LogP contribution in [0.1, 0.15) is 45.6 Å². The van der Waals surface area contributed by atoms with Crippen LogP contribution in [0.2, 0.25) is 0 Å². The van der Waals surface area contributed by atoms with Crippen LogP contribution in [-0.2, 0) is 33.6 Å². The molecule has 0 saturated heterocycles. The van der Waals surface area contributed by atoms with Crippen molar-refractivity contribution in [2.75, 3.05) is 6.61 Å². The summed E-state index contributed by atoms with van der Waals surface area (Å²) in [6, 6.07) is 6.57. The van der Waals surface area contributed by atoms with Crippen LogP contribution in [-0.4, -0.2) is 46.6 Å². The van der Waals surface area contributed by atoms with Crippen molar-refractivity contribution in [2.45, 2.75) is 38.1 Å². The van der Waals surface area contributed by atoms with E-state index in [0.717, 1.165) is 12.1 Å². The quantitative estimate of drug-likeness (QED) is 0.400. The Morgan fingerprint density at radius 3 is 2.76 bits per heavy atom. The summed E-state index contributed by atoms with van der Waals surface area (Å²) in [4.78, 5) is 21.5. The Kier molecular flexibility index (Phi) is 7.78. The van der Waals surface area contributed by atoms with Gasteiger partial charge >= 0.3 is 16.5 Å². The lowest BCUT2D eigenvalue weighted by molar-refractivity contribution is -0.137. The standard InChI is InChI=1S/C24H25F3N4O5S/c25-24(26,27)19-3-1-2-15(7-19)11-31-5-4-17(12-31)23(33)20-10-29-14-30-21(20)8-16-6-18(22(32)9-16)13-36-37(28,34)35/h1-5,7,10,12,14,16,18,22,32H,6,8-9,11,13H2,(H2,28,34,35)/t16-,18+,22-/m0/s1. The van der Waals surface area contributed by atoms with E-state index < -0.39 is 34.1 Å². The number of nitrogens with zero attached hydrogens (tertiary/aromatic N) is 3. The van der Waals surface area contributed by atoms with E-state index in [1.165, 1.54) is 18.6 Å². The fourth-order valence-electron chi connectivity index (χ4n) is 4.61. The average molecular weight is 539 g/mol. The molecule has 3 N–H and O–H groups in total. The highest BCUT2D eigenvalue weighted by Gasteiger charge is 2.35. The molecule has 3 atom stereocenters. The molecule has 4 rings (SSSR count). The first-order chi connectivity index (χ1) is 17.4. The molecule has 1 aromatic carbocycles. The van der Waals surface area contributed by atoms with Crippen molar-refractivity contribution in [3.8, 4) is 0 Å². The van der Waals surface area contributed by atoms with E-state index >= 15 is 0 Å². The Hall–Kier alpha value is -3.13. The van der Waals surface area contributed by atoms with E-state index in [-0.39, 0.29) is 30.4 Å². The zero-order valence-electron chi connectivity index (χ0n) is 19.5. The van der Waals surface area contributed by atoms with Crippen molar-refractivity contribution >= 4 is 16.1 Å². The number of nitrogens with two attached hydrogens (primary N) is 1. The van der Waals surface area contributed by atoms with Crippen molar-refractivity contribution in [1.82, 2.24) is 14.5 Å². The molecule has 13 heteroatoms. The largest absolute Gasteiger partial charge is 0.416 e. The van der Waals surface area contributed by atoms with E-state index in [1.807, 2.05) is 0 Å². The maximum absolute atomic E-state index is 13.2. The second kappa shape index (κ2) is 10.7. The van der Waals surface area contributed by atoms with E-state index in [2.05, 4.69) is 14.2 Å². The van der Waals surface area contributed by atoms with Crippen LogP contribution >= 0.6 is 0 Å². The summed E-state index contributed by atoms with van der Waals surface area (Å²) >= 11 is 0. The van der Waals surface area contributed by atoms with Gasteiger partial charge in [-0.05, 0) is 48.9 Å². The zero-order valence-corrected chi connectivity index (χ0v) is 20.3. The second-order valence-electron chi connectivity index (χ2n) is 9.13. The summed E-state index contributed by atoms with van der Waals surface area (Å²) in [6.07, 6.45) is 1.86. The molecule has 1 fully saturated rings. The summed E-state index contributed by atoms with van der Waals surface area (Å²) in [5.74, 6) is -0.837. The number of alkyl halides is 3. The van der Waals surface area contributed by atoms with Gasteiger partial charge in [0.2, 0.25) is 0 Å². The van der Waals surface area contributed by atoms with Gasteiger partial charge in [0.05, 0.1) is 29.5 Å². The number of benzene rings is 1. The van der Waals surface area contributed by atoms with Gasteiger partial charge in [0.25, 0.3) is 0 Å². The predicted molar refractivity (Wildman–Crippen MR) is 125 cm³/mol. The predicted octanol–water partition coefficient (Wildman–Crippen LogP) is 2.73. The smallest absolute Gasteiger partial charge is 0.393 e. The van der Waals surface area contributed by atoms with Gasteiger partial charge in [0, 0.05) is 36.6 Å². The minimum Gasteiger partial charge on any atom is -0.393 e. The van der Waals surface area contributed by atoms with Crippen LogP contribution in [0.25, 0.3) is 0 Å². The lowest BCUT2D eigenvalue weighted by Crippen LogP contribution is -2.24. The van der Waals surface area contributed by atoms with Crippen LogP contribution in [0, 0.1) is 11.8 Å². The fraction of sp³-hybridized carbons (Fsp3) is 0.375. The van der Waals surface area contributed by atoms with E-state index in [4.69, 9.17) is 5.14 Å². The van der Waals surface area contributed by atoms with E-state index in [9.17, 15) is 31.5 Å². The highest BCUT2D eigenvalue weighted by Crippen LogP contribution is 2.34. The molecule has 0 radical (unpaired) electrons. The van der Waals surface area contributed by atoms with Crippen LogP contribution in [0.4, 0.5) is 13.2 Å². The van der Waals surface area contributed by atoms with Crippen LogP contribution in [0.3, 0.4) is 0 Å². The number of rotatable bonds is 9. The van der Waals surface area contributed by atoms with Crippen molar-refractivity contribution in [2.24, 2.45) is 17.0 Å². The van der Waals surface area contributed by atoms with Gasteiger partial charge in [0.15, 0.2) is 5.78 Å². The number of carbonyl (C=O) groups excluding carboxylic acids is 1. The maximum Gasteiger partial charge on any atom is 0.416 e. The summed E-state index contributed by atoms with van der Waals surface area (Å²) in [6.45, 7) is -0.0806. The number of carbonyl (C=O) groups is 1. The van der Waals surface area contributed by atoms with Crippen LogP contribution < -0.4 is 5.14 Å². The molecule has 0 aliphatic heterocycles. The highest BCUT2D eigenvalue weighted by molar-refractivity contribution is 7.84. The van der Waals surface area contributed by atoms with Gasteiger partial charge in [0.1, 0.15) is 6.33 Å². The molecular formula is C24H25F3N4O5S. The minimum absolute atomic E-state index is 0.0731. The summed E-state index contributed by atoms with van der Waals surface area (Å²) in [5, 5.41) is 15.2. The molecule has 3 aromatic rings. The molecule has 37 heavy (non-hydrogen) atoms. The molecule has 1 saturated carbocycles. The lowest BCUT2D eigenvalue weighted by atomic mass is 9.95. The van der Waals surface area contributed by atoms with Gasteiger partial charge in [-0.1, -0.05) is 12.1 Å². The highest BCUT2D eigenvalue weighted by atomic mass is 32.2. The molecule has 0 bridgehead atoms. The molecule has 0 amide bonds. The first kappa shape index (κ1) is 26.9. The van der Waals surface area contributed by atoms with Gasteiger partial charge in [-0.3, -0.25) is 8.98 Å². The number of hydrogen-bond donors (Lipinski definition) is 2. The summed E-state index contributed by atoms with van der Waals surface area (Å²) in [5.41, 5.74) is 0.784. The third kappa shape index (κ3) is 7.01. The molecule has 1 aliphatic carbocycles. The molecule has 0 unspecified atom stereocenters. The third-order valence-corrected chi connectivity index (χ3v) is 6.82. The van der Waals surface area contributed by atoms with Gasteiger partial charge in [-0.15, -0.1) is 0 Å².